The van der Waals surface area contributed by atoms with E-state index in [0.717, 1.165) is 58.5 Å². The molecule has 28 heavy (non-hydrogen) atoms. The monoisotopic (exact) mass is 374 g/mol. The number of piperidine rings is 1. The minimum Gasteiger partial charge on any atom is -0.451 e. The number of fused-ring (bicyclic) bond motifs is 2. The van der Waals surface area contributed by atoms with E-state index in [1.165, 1.54) is 0 Å². The van der Waals surface area contributed by atoms with Crippen molar-refractivity contribution >= 4 is 28.0 Å². The van der Waals surface area contributed by atoms with Crippen LogP contribution in [0.15, 0.2) is 51.3 Å². The molecule has 1 saturated heterocycles. The molecule has 1 atom stereocenters. The van der Waals surface area contributed by atoms with Gasteiger partial charge in [-0.1, -0.05) is 23.8 Å². The average molecular weight is 374 g/mol. The lowest BCUT2D eigenvalue weighted by atomic mass is 9.97. The van der Waals surface area contributed by atoms with E-state index in [0.29, 0.717) is 12.3 Å². The van der Waals surface area contributed by atoms with Crippen molar-refractivity contribution in [1.29, 1.82) is 0 Å². The van der Waals surface area contributed by atoms with Crippen molar-refractivity contribution in [3.05, 3.63) is 65.2 Å². The van der Waals surface area contributed by atoms with Crippen LogP contribution in [0.5, 0.6) is 0 Å². The number of amides is 1. The van der Waals surface area contributed by atoms with Crippen LogP contribution in [0.4, 0.5) is 0 Å². The highest BCUT2D eigenvalue weighted by Gasteiger charge is 2.31. The predicted molar refractivity (Wildman–Crippen MR) is 108 cm³/mol. The average Bonchev–Trinajstić information content (AvgIpc) is 3.29. The lowest BCUT2D eigenvalue weighted by Crippen LogP contribution is -2.39. The molecule has 0 radical (unpaired) electrons. The van der Waals surface area contributed by atoms with E-state index in [9.17, 15) is 4.79 Å². The minimum absolute atomic E-state index is 0.0489. The van der Waals surface area contributed by atoms with Gasteiger partial charge in [-0.05, 0) is 51.0 Å². The fourth-order valence-electron chi connectivity index (χ4n) is 4.11. The molecular formula is C23H22N2O3. The number of aromatic nitrogens is 1. The molecule has 1 amide bonds. The van der Waals surface area contributed by atoms with Crippen LogP contribution >= 0.6 is 0 Å². The smallest absolute Gasteiger partial charge is 0.289 e. The molecule has 3 heterocycles. The van der Waals surface area contributed by atoms with Gasteiger partial charge >= 0.3 is 0 Å². The van der Waals surface area contributed by atoms with Gasteiger partial charge in [0.05, 0.1) is 5.92 Å². The van der Waals surface area contributed by atoms with Gasteiger partial charge in [0.2, 0.25) is 0 Å². The number of rotatable bonds is 2. The number of hydrogen-bond acceptors (Lipinski definition) is 4. The Bertz CT molecular complexity index is 1150. The van der Waals surface area contributed by atoms with Crippen LogP contribution in [0.1, 0.15) is 46.3 Å². The first-order chi connectivity index (χ1) is 13.6. The number of nitrogens with zero attached hydrogens (tertiary/aromatic N) is 2. The van der Waals surface area contributed by atoms with E-state index in [4.69, 9.17) is 8.83 Å². The summed E-state index contributed by atoms with van der Waals surface area (Å²) in [5.74, 6) is 1.22. The predicted octanol–water partition coefficient (Wildman–Crippen LogP) is 5.21. The quantitative estimate of drug-likeness (QED) is 0.483. The first-order valence-corrected chi connectivity index (χ1v) is 9.74. The van der Waals surface area contributed by atoms with Crippen LogP contribution < -0.4 is 0 Å². The summed E-state index contributed by atoms with van der Waals surface area (Å²) in [6.45, 7) is 5.33. The van der Waals surface area contributed by atoms with Gasteiger partial charge in [-0.3, -0.25) is 4.79 Å². The zero-order valence-corrected chi connectivity index (χ0v) is 16.1. The van der Waals surface area contributed by atoms with Crippen LogP contribution in [0, 0.1) is 13.8 Å². The Hall–Kier alpha value is -3.08. The van der Waals surface area contributed by atoms with Crippen LogP contribution in [0.25, 0.3) is 22.1 Å². The van der Waals surface area contributed by atoms with E-state index in [1.807, 2.05) is 55.1 Å². The molecule has 2 aromatic carbocycles. The Kier molecular flexibility index (Phi) is 3.97. The lowest BCUT2D eigenvalue weighted by molar-refractivity contribution is 0.0668. The number of likely N-dealkylation sites (tertiary alicyclic amines) is 1. The van der Waals surface area contributed by atoms with Gasteiger partial charge in [0, 0.05) is 24.0 Å². The zero-order chi connectivity index (χ0) is 19.3. The van der Waals surface area contributed by atoms with Crippen LogP contribution in [-0.4, -0.2) is 28.9 Å². The van der Waals surface area contributed by atoms with Crippen molar-refractivity contribution in [1.82, 2.24) is 9.88 Å². The molecule has 0 saturated carbocycles. The number of oxazole rings is 1. The Morgan fingerprint density at radius 2 is 1.96 bits per heavy atom. The third-order valence-electron chi connectivity index (χ3n) is 5.65. The molecule has 4 aromatic rings. The molecule has 1 aliphatic heterocycles. The number of benzene rings is 2. The van der Waals surface area contributed by atoms with E-state index in [1.54, 1.807) is 0 Å². The van der Waals surface area contributed by atoms with Crippen molar-refractivity contribution in [2.45, 2.75) is 32.6 Å². The molecule has 0 aliphatic carbocycles. The molecule has 5 rings (SSSR count). The molecule has 5 nitrogen and oxygen atoms in total. The minimum atomic E-state index is -0.0489. The molecule has 0 bridgehead atoms. The molecule has 0 spiro atoms. The first kappa shape index (κ1) is 17.0. The Morgan fingerprint density at radius 3 is 2.82 bits per heavy atom. The summed E-state index contributed by atoms with van der Waals surface area (Å²) in [5, 5.41) is 1.01. The maximum absolute atomic E-state index is 13.2. The molecule has 5 heteroatoms. The Morgan fingerprint density at radius 1 is 1.11 bits per heavy atom. The van der Waals surface area contributed by atoms with E-state index in [2.05, 4.69) is 11.1 Å². The summed E-state index contributed by atoms with van der Waals surface area (Å²) >= 11 is 0. The number of furan rings is 1. The Labute approximate surface area is 162 Å². The summed E-state index contributed by atoms with van der Waals surface area (Å²) in [7, 11) is 0. The van der Waals surface area contributed by atoms with Gasteiger partial charge in [-0.15, -0.1) is 0 Å². The van der Waals surface area contributed by atoms with Gasteiger partial charge in [-0.25, -0.2) is 4.98 Å². The zero-order valence-electron chi connectivity index (χ0n) is 16.1. The summed E-state index contributed by atoms with van der Waals surface area (Å²) in [4.78, 5) is 19.7. The van der Waals surface area contributed by atoms with E-state index < -0.39 is 0 Å². The van der Waals surface area contributed by atoms with Gasteiger partial charge in [0.15, 0.2) is 17.2 Å². The third-order valence-corrected chi connectivity index (χ3v) is 5.65. The topological polar surface area (TPSA) is 59.5 Å². The SMILES string of the molecule is Cc1ccc2oc(C(=O)N3CCCC(c4nc5ccccc5o4)C3)c(C)c2c1. The van der Waals surface area contributed by atoms with Crippen LogP contribution in [-0.2, 0) is 0 Å². The van der Waals surface area contributed by atoms with Crippen molar-refractivity contribution in [3.63, 3.8) is 0 Å². The fourth-order valence-corrected chi connectivity index (χ4v) is 4.11. The largest absolute Gasteiger partial charge is 0.451 e. The van der Waals surface area contributed by atoms with Crippen molar-refractivity contribution in [2.24, 2.45) is 0 Å². The molecular weight excluding hydrogens is 352 g/mol. The molecule has 1 aliphatic rings. The summed E-state index contributed by atoms with van der Waals surface area (Å²) in [5.41, 5.74) is 4.49. The standard InChI is InChI=1S/C23H22N2O3/c1-14-9-10-19-17(12-14)15(2)21(27-19)23(26)25-11-5-6-16(13-25)22-24-18-7-3-4-8-20(18)28-22/h3-4,7-10,12,16H,5-6,11,13H2,1-2H3. The fraction of sp³-hybridized carbons (Fsp3) is 0.304. The van der Waals surface area contributed by atoms with E-state index in [-0.39, 0.29) is 11.8 Å². The summed E-state index contributed by atoms with van der Waals surface area (Å²) in [6.07, 6.45) is 1.89. The van der Waals surface area contributed by atoms with Crippen molar-refractivity contribution < 1.29 is 13.6 Å². The van der Waals surface area contributed by atoms with Gasteiger partial charge < -0.3 is 13.7 Å². The number of aryl methyl sites for hydroxylation is 2. The number of carbonyl (C=O) groups is 1. The number of hydrogen-bond donors (Lipinski definition) is 0. The van der Waals surface area contributed by atoms with Gasteiger partial charge in [-0.2, -0.15) is 0 Å². The van der Waals surface area contributed by atoms with E-state index >= 15 is 0 Å². The van der Waals surface area contributed by atoms with Gasteiger partial charge in [0.25, 0.3) is 5.91 Å². The highest BCUT2D eigenvalue weighted by molar-refractivity contribution is 5.99. The number of carbonyl (C=O) groups excluding carboxylic acids is 1. The highest BCUT2D eigenvalue weighted by Crippen LogP contribution is 2.32. The van der Waals surface area contributed by atoms with Crippen LogP contribution in [0.3, 0.4) is 0 Å². The molecule has 2 aromatic heterocycles. The molecule has 1 fully saturated rings. The second-order valence-corrected chi connectivity index (χ2v) is 7.67. The molecule has 1 unspecified atom stereocenters. The Balaban J connectivity index is 1.43. The van der Waals surface area contributed by atoms with Crippen molar-refractivity contribution in [3.8, 4) is 0 Å². The first-order valence-electron chi connectivity index (χ1n) is 9.74. The maximum atomic E-state index is 13.2. The number of para-hydroxylation sites is 2. The maximum Gasteiger partial charge on any atom is 0.289 e. The second kappa shape index (κ2) is 6.51. The van der Waals surface area contributed by atoms with Crippen molar-refractivity contribution in [2.75, 3.05) is 13.1 Å². The molecule has 0 N–H and O–H groups in total. The summed E-state index contributed by atoms with van der Waals surface area (Å²) < 4.78 is 11.9. The van der Waals surface area contributed by atoms with Gasteiger partial charge in [0.1, 0.15) is 11.1 Å². The second-order valence-electron chi connectivity index (χ2n) is 7.67. The third kappa shape index (κ3) is 2.78. The highest BCUT2D eigenvalue weighted by atomic mass is 16.4. The van der Waals surface area contributed by atoms with Crippen LogP contribution in [0.2, 0.25) is 0 Å². The summed E-state index contributed by atoms with van der Waals surface area (Å²) in [6, 6.07) is 13.8. The normalized spacial score (nSPS) is 17.5. The molecule has 142 valence electrons. The lowest BCUT2D eigenvalue weighted by Gasteiger charge is -2.30.